The van der Waals surface area contributed by atoms with E-state index in [0.29, 0.717) is 35.5 Å². The highest BCUT2D eigenvalue weighted by molar-refractivity contribution is 5.98. The number of esters is 2. The third kappa shape index (κ3) is 8.11. The van der Waals surface area contributed by atoms with Gasteiger partial charge in [0.15, 0.2) is 17.1 Å². The summed E-state index contributed by atoms with van der Waals surface area (Å²) < 4.78 is 22.2. The zero-order valence-electron chi connectivity index (χ0n) is 19.9. The second-order valence-electron chi connectivity index (χ2n) is 8.70. The molecule has 1 heterocycles. The fourth-order valence-corrected chi connectivity index (χ4v) is 3.35. The predicted molar refractivity (Wildman–Crippen MR) is 153 cm³/mol. The minimum Gasteiger partial charge on any atom is -0.461 e. The van der Waals surface area contributed by atoms with E-state index in [4.69, 9.17) is 18.9 Å². The number of nitrogens with zero attached hydrogens (tertiary/aromatic N) is 1. The number of fused-ring (bicyclic) bond motifs is 1. The standard InChI is InChI=1S/C27H29NO6.4CH4/c1-5-26(3,4)25(30)31-17-27(6-2,21-10-8-7-9-11-21)34-24(29)20(16-28)14-19-12-13-22-23(15-19)33-18-32-22;;;;/h7-15H,5-6,17-18H2,1-4H3;4*1H4/b20-14+;;;;. The first-order valence-corrected chi connectivity index (χ1v) is 11.2. The van der Waals surface area contributed by atoms with Crippen LogP contribution in [0.4, 0.5) is 0 Å². The van der Waals surface area contributed by atoms with Crippen molar-refractivity contribution >= 4 is 18.0 Å². The molecule has 2 aromatic rings. The fraction of sp³-hybridized carbons (Fsp3) is 0.452. The first kappa shape index (κ1) is 36.4. The number of rotatable bonds is 9. The van der Waals surface area contributed by atoms with Crippen LogP contribution in [-0.4, -0.2) is 25.3 Å². The molecule has 1 aliphatic heterocycles. The summed E-state index contributed by atoms with van der Waals surface area (Å²) in [5.41, 5.74) is -0.836. The molecule has 0 aliphatic carbocycles. The van der Waals surface area contributed by atoms with Gasteiger partial charge in [-0.2, -0.15) is 5.26 Å². The van der Waals surface area contributed by atoms with Gasteiger partial charge in [0.2, 0.25) is 6.79 Å². The highest BCUT2D eigenvalue weighted by Gasteiger charge is 2.39. The summed E-state index contributed by atoms with van der Waals surface area (Å²) in [5, 5.41) is 9.69. The van der Waals surface area contributed by atoms with Gasteiger partial charge in [-0.25, -0.2) is 4.79 Å². The van der Waals surface area contributed by atoms with Crippen LogP contribution in [0.3, 0.4) is 0 Å². The van der Waals surface area contributed by atoms with Crippen LogP contribution in [0.5, 0.6) is 11.5 Å². The third-order valence-electron chi connectivity index (χ3n) is 6.08. The maximum Gasteiger partial charge on any atom is 0.349 e. The highest BCUT2D eigenvalue weighted by atomic mass is 16.7. The molecule has 7 heteroatoms. The van der Waals surface area contributed by atoms with E-state index in [-0.39, 0.29) is 54.6 Å². The van der Waals surface area contributed by atoms with Crippen LogP contribution < -0.4 is 9.47 Å². The Bertz CT molecular complexity index is 1120. The first-order valence-electron chi connectivity index (χ1n) is 11.2. The Labute approximate surface area is 229 Å². The van der Waals surface area contributed by atoms with Gasteiger partial charge in [0, 0.05) is 0 Å². The molecule has 3 rings (SSSR count). The van der Waals surface area contributed by atoms with E-state index in [0.717, 1.165) is 0 Å². The van der Waals surface area contributed by atoms with E-state index in [9.17, 15) is 14.9 Å². The van der Waals surface area contributed by atoms with Gasteiger partial charge in [-0.15, -0.1) is 0 Å². The number of nitriles is 1. The number of carbonyl (C=O) groups excluding carboxylic acids is 2. The largest absolute Gasteiger partial charge is 0.461 e. The summed E-state index contributed by atoms with van der Waals surface area (Å²) in [6, 6.07) is 16.1. The van der Waals surface area contributed by atoms with Crippen molar-refractivity contribution < 1.29 is 28.5 Å². The second kappa shape index (κ2) is 15.5. The van der Waals surface area contributed by atoms with E-state index in [2.05, 4.69) is 0 Å². The fourth-order valence-electron chi connectivity index (χ4n) is 3.35. The molecule has 1 atom stereocenters. The van der Waals surface area contributed by atoms with Gasteiger partial charge >= 0.3 is 11.9 Å². The molecule has 0 spiro atoms. The molecule has 0 amide bonds. The third-order valence-corrected chi connectivity index (χ3v) is 6.08. The first-order chi connectivity index (χ1) is 16.2. The second-order valence-corrected chi connectivity index (χ2v) is 8.70. The minimum absolute atomic E-state index is 0. The summed E-state index contributed by atoms with van der Waals surface area (Å²) in [6.45, 7) is 7.32. The molecule has 38 heavy (non-hydrogen) atoms. The van der Waals surface area contributed by atoms with Crippen molar-refractivity contribution in [1.82, 2.24) is 0 Å². The molecule has 0 saturated heterocycles. The number of benzene rings is 2. The molecule has 1 unspecified atom stereocenters. The molecular weight excluding hydrogens is 482 g/mol. The van der Waals surface area contributed by atoms with Crippen molar-refractivity contribution in [3.8, 4) is 17.6 Å². The SMILES string of the molecule is C.C.C.C.CCC(C)(C)C(=O)OCC(CC)(OC(=O)/C(C#N)=C/c1ccc2c(c1)OCO2)c1ccccc1. The predicted octanol–water partition coefficient (Wildman–Crippen LogP) is 7.69. The van der Waals surface area contributed by atoms with Gasteiger partial charge < -0.3 is 18.9 Å². The Morgan fingerprint density at radius 2 is 1.61 bits per heavy atom. The van der Waals surface area contributed by atoms with E-state index in [1.807, 2.05) is 50.2 Å². The normalized spacial score (nSPS) is 13.1. The summed E-state index contributed by atoms with van der Waals surface area (Å²) in [5.74, 6) is -0.0472. The van der Waals surface area contributed by atoms with Crippen LogP contribution in [0, 0.1) is 16.7 Å². The molecule has 210 valence electrons. The maximum atomic E-state index is 13.1. The van der Waals surface area contributed by atoms with E-state index in [1.54, 1.807) is 32.0 Å². The molecule has 7 nitrogen and oxygen atoms in total. The van der Waals surface area contributed by atoms with E-state index in [1.165, 1.54) is 6.08 Å². The quantitative estimate of drug-likeness (QED) is 0.187. The smallest absolute Gasteiger partial charge is 0.349 e. The lowest BCUT2D eigenvalue weighted by Gasteiger charge is -2.33. The molecule has 0 aromatic heterocycles. The molecule has 0 bridgehead atoms. The van der Waals surface area contributed by atoms with Crippen LogP contribution in [0.2, 0.25) is 0 Å². The average molecular weight is 528 g/mol. The number of hydrogen-bond acceptors (Lipinski definition) is 7. The Balaban J connectivity index is 0. The number of hydrogen-bond donors (Lipinski definition) is 0. The van der Waals surface area contributed by atoms with Crippen LogP contribution in [0.15, 0.2) is 54.1 Å². The zero-order chi connectivity index (χ0) is 24.8. The lowest BCUT2D eigenvalue weighted by atomic mass is 9.89. The summed E-state index contributed by atoms with van der Waals surface area (Å²) >= 11 is 0. The lowest BCUT2D eigenvalue weighted by Crippen LogP contribution is -2.39. The molecule has 2 aromatic carbocycles. The van der Waals surface area contributed by atoms with Gasteiger partial charge in [0.25, 0.3) is 0 Å². The Morgan fingerprint density at radius 3 is 2.18 bits per heavy atom. The molecule has 0 fully saturated rings. The van der Waals surface area contributed by atoms with E-state index < -0.39 is 17.0 Å². The highest BCUT2D eigenvalue weighted by Crippen LogP contribution is 2.35. The molecular formula is C31H45NO6. The Morgan fingerprint density at radius 1 is 0.974 bits per heavy atom. The topological polar surface area (TPSA) is 94.9 Å². The zero-order valence-corrected chi connectivity index (χ0v) is 19.9. The van der Waals surface area contributed by atoms with Crippen molar-refractivity contribution in [3.63, 3.8) is 0 Å². The van der Waals surface area contributed by atoms with Crippen LogP contribution >= 0.6 is 0 Å². The summed E-state index contributed by atoms with van der Waals surface area (Å²) in [7, 11) is 0. The molecule has 0 saturated carbocycles. The lowest BCUT2D eigenvalue weighted by molar-refractivity contribution is -0.176. The van der Waals surface area contributed by atoms with Crippen LogP contribution in [-0.2, 0) is 24.7 Å². The van der Waals surface area contributed by atoms with Gasteiger partial charge in [-0.1, -0.05) is 80.0 Å². The monoisotopic (exact) mass is 527 g/mol. The van der Waals surface area contributed by atoms with Gasteiger partial charge in [-0.05, 0) is 56.0 Å². The average Bonchev–Trinajstić information content (AvgIpc) is 3.33. The molecule has 0 radical (unpaired) electrons. The summed E-state index contributed by atoms with van der Waals surface area (Å²) in [6.07, 6.45) is 2.38. The molecule has 1 aliphatic rings. The van der Waals surface area contributed by atoms with Crippen molar-refractivity contribution in [2.75, 3.05) is 13.4 Å². The van der Waals surface area contributed by atoms with Crippen molar-refractivity contribution in [1.29, 1.82) is 5.26 Å². The van der Waals surface area contributed by atoms with E-state index >= 15 is 0 Å². The van der Waals surface area contributed by atoms with Gasteiger partial charge in [0.1, 0.15) is 18.2 Å². The number of ether oxygens (including phenoxy) is 4. The summed E-state index contributed by atoms with van der Waals surface area (Å²) in [4.78, 5) is 25.8. The van der Waals surface area contributed by atoms with Crippen molar-refractivity contribution in [2.24, 2.45) is 5.41 Å². The van der Waals surface area contributed by atoms with Gasteiger partial charge in [0.05, 0.1) is 5.41 Å². The van der Waals surface area contributed by atoms with Crippen molar-refractivity contribution in [3.05, 3.63) is 65.2 Å². The van der Waals surface area contributed by atoms with Crippen LogP contribution in [0.1, 0.15) is 81.4 Å². The minimum atomic E-state index is -1.25. The molecule has 0 N–H and O–H groups in total. The Hall–Kier alpha value is -3.79. The Kier molecular flexibility index (Phi) is 14.8. The number of carbonyl (C=O) groups is 2. The van der Waals surface area contributed by atoms with Gasteiger partial charge in [-0.3, -0.25) is 4.79 Å². The maximum absolute atomic E-state index is 13.1. The van der Waals surface area contributed by atoms with Crippen molar-refractivity contribution in [2.45, 2.75) is 75.8 Å². The van der Waals surface area contributed by atoms with Crippen LogP contribution in [0.25, 0.3) is 6.08 Å².